The van der Waals surface area contributed by atoms with Crippen molar-refractivity contribution in [3.63, 3.8) is 0 Å². The Balaban J connectivity index is 1.28. The lowest BCUT2D eigenvalue weighted by molar-refractivity contribution is 0.105. The van der Waals surface area contributed by atoms with Gasteiger partial charge in [-0.3, -0.25) is 0 Å². The maximum absolute atomic E-state index is 2.61. The van der Waals surface area contributed by atoms with Crippen molar-refractivity contribution in [2.45, 2.75) is 90.9 Å². The first-order valence-corrected chi connectivity index (χ1v) is 10.6. The average Bonchev–Trinajstić information content (AvgIpc) is 3.12. The van der Waals surface area contributed by atoms with Crippen LogP contribution in [0.1, 0.15) is 90.9 Å². The summed E-state index contributed by atoms with van der Waals surface area (Å²) in [5, 5.41) is 0. The van der Waals surface area contributed by atoms with Gasteiger partial charge in [-0.25, -0.2) is 0 Å². The Labute approximate surface area is 137 Å². The van der Waals surface area contributed by atoms with Gasteiger partial charge in [0, 0.05) is 0 Å². The first kappa shape index (κ1) is 14.4. The molecule has 5 saturated carbocycles. The van der Waals surface area contributed by atoms with Crippen molar-refractivity contribution in [2.75, 3.05) is 0 Å². The highest BCUT2D eigenvalue weighted by atomic mass is 14.6. The van der Waals surface area contributed by atoms with E-state index in [1.807, 2.05) is 0 Å². The van der Waals surface area contributed by atoms with E-state index >= 15 is 0 Å². The van der Waals surface area contributed by atoms with E-state index in [2.05, 4.69) is 13.8 Å². The highest BCUT2D eigenvalue weighted by Crippen LogP contribution is 2.69. The molecule has 0 aliphatic heterocycles. The van der Waals surface area contributed by atoms with Gasteiger partial charge < -0.3 is 0 Å². The van der Waals surface area contributed by atoms with Crippen LogP contribution in [0.2, 0.25) is 0 Å². The second-order valence-electron chi connectivity index (χ2n) is 10.6. The number of rotatable bonds is 5. The second-order valence-corrected chi connectivity index (χ2v) is 10.6. The van der Waals surface area contributed by atoms with Crippen LogP contribution < -0.4 is 0 Å². The van der Waals surface area contributed by atoms with E-state index in [9.17, 15) is 0 Å². The molecule has 0 heterocycles. The summed E-state index contributed by atoms with van der Waals surface area (Å²) >= 11 is 0. The molecular weight excluding hydrogens is 264 g/mol. The predicted octanol–water partition coefficient (Wildman–Crippen LogP) is 6.45. The van der Waals surface area contributed by atoms with Gasteiger partial charge in [0.1, 0.15) is 0 Å². The summed E-state index contributed by atoms with van der Waals surface area (Å²) in [7, 11) is 0. The molecule has 7 unspecified atom stereocenters. The van der Waals surface area contributed by atoms with Crippen molar-refractivity contribution in [1.29, 1.82) is 0 Å². The van der Waals surface area contributed by atoms with E-state index in [0.29, 0.717) is 0 Å². The van der Waals surface area contributed by atoms with Crippen LogP contribution in [0.5, 0.6) is 0 Å². The summed E-state index contributed by atoms with van der Waals surface area (Å²) in [6, 6.07) is 0. The van der Waals surface area contributed by atoms with Gasteiger partial charge in [-0.05, 0) is 97.7 Å². The van der Waals surface area contributed by atoms with Gasteiger partial charge in [0.15, 0.2) is 0 Å². The zero-order valence-electron chi connectivity index (χ0n) is 14.9. The Morgan fingerprint density at radius 2 is 1.73 bits per heavy atom. The smallest absolute Gasteiger partial charge is 0.0263 e. The molecule has 7 atom stereocenters. The number of fused-ring (bicyclic) bond motifs is 1. The Kier molecular flexibility index (Phi) is 3.11. The molecular formula is C22H36. The molecule has 0 aromatic carbocycles. The van der Waals surface area contributed by atoms with Gasteiger partial charge in [0.05, 0.1) is 0 Å². The van der Waals surface area contributed by atoms with Gasteiger partial charge in [-0.15, -0.1) is 0 Å². The fraction of sp³-hybridized carbons (Fsp3) is 1.00. The van der Waals surface area contributed by atoms with E-state index in [-0.39, 0.29) is 0 Å². The number of hydrogen-bond donors (Lipinski definition) is 0. The summed E-state index contributed by atoms with van der Waals surface area (Å²) in [4.78, 5) is 0. The Morgan fingerprint density at radius 3 is 2.27 bits per heavy atom. The largest absolute Gasteiger partial charge is 0.0620 e. The van der Waals surface area contributed by atoms with Crippen molar-refractivity contribution < 1.29 is 0 Å². The highest BCUT2D eigenvalue weighted by molar-refractivity contribution is 5.09. The van der Waals surface area contributed by atoms with Gasteiger partial charge in [-0.2, -0.15) is 0 Å². The number of hydrogen-bond acceptors (Lipinski definition) is 0. The Hall–Kier alpha value is 0. The van der Waals surface area contributed by atoms with Crippen molar-refractivity contribution in [2.24, 2.45) is 46.3 Å². The molecule has 0 bridgehead atoms. The van der Waals surface area contributed by atoms with E-state index in [0.717, 1.165) is 40.4 Å². The summed E-state index contributed by atoms with van der Waals surface area (Å²) in [6.45, 7) is 5.11. The first-order chi connectivity index (χ1) is 10.6. The molecule has 0 saturated heterocycles. The van der Waals surface area contributed by atoms with Crippen molar-refractivity contribution in [1.82, 2.24) is 0 Å². The van der Waals surface area contributed by atoms with Crippen LogP contribution in [0.3, 0.4) is 0 Å². The SMILES string of the molecule is CC1CC1(C)C1CCC(C(CC23CCCC2C3)C2CCC2)C1. The first-order valence-electron chi connectivity index (χ1n) is 10.6. The maximum Gasteiger partial charge on any atom is -0.0263 e. The molecule has 0 aromatic rings. The molecule has 5 aliphatic carbocycles. The molecule has 0 radical (unpaired) electrons. The Bertz CT molecular complexity index is 449. The standard InChI is InChI=1S/C22H36/c1-15-12-21(15,2)18-9-8-17(11-18)20(16-5-3-6-16)14-22-10-4-7-19(22)13-22/h15-20H,3-14H2,1-2H3. The van der Waals surface area contributed by atoms with Crippen molar-refractivity contribution in [3.05, 3.63) is 0 Å². The lowest BCUT2D eigenvalue weighted by Gasteiger charge is -2.40. The summed E-state index contributed by atoms with van der Waals surface area (Å²) in [5.41, 5.74) is 1.64. The summed E-state index contributed by atoms with van der Waals surface area (Å²) in [6.07, 6.45) is 19.1. The topological polar surface area (TPSA) is 0 Å². The zero-order chi connectivity index (χ0) is 14.9. The minimum absolute atomic E-state index is 0.757. The molecule has 0 spiro atoms. The van der Waals surface area contributed by atoms with Crippen LogP contribution in [0, 0.1) is 46.3 Å². The summed E-state index contributed by atoms with van der Waals surface area (Å²) in [5.74, 6) is 6.69. The third-order valence-corrected chi connectivity index (χ3v) is 9.71. The van der Waals surface area contributed by atoms with Gasteiger partial charge >= 0.3 is 0 Å². The van der Waals surface area contributed by atoms with Gasteiger partial charge in [0.25, 0.3) is 0 Å². The molecule has 0 heteroatoms. The minimum atomic E-state index is 0.757. The molecule has 0 nitrogen and oxygen atoms in total. The quantitative estimate of drug-likeness (QED) is 0.547. The summed E-state index contributed by atoms with van der Waals surface area (Å²) < 4.78 is 0. The molecule has 5 aliphatic rings. The van der Waals surface area contributed by atoms with Crippen LogP contribution in [-0.2, 0) is 0 Å². The van der Waals surface area contributed by atoms with E-state index in [4.69, 9.17) is 0 Å². The fourth-order valence-corrected chi connectivity index (χ4v) is 7.43. The van der Waals surface area contributed by atoms with Crippen LogP contribution in [0.15, 0.2) is 0 Å². The molecule has 22 heavy (non-hydrogen) atoms. The monoisotopic (exact) mass is 300 g/mol. The van der Waals surface area contributed by atoms with Crippen LogP contribution in [0.25, 0.3) is 0 Å². The van der Waals surface area contributed by atoms with Crippen molar-refractivity contribution >= 4 is 0 Å². The third-order valence-electron chi connectivity index (χ3n) is 9.71. The van der Waals surface area contributed by atoms with Crippen LogP contribution >= 0.6 is 0 Å². The molecule has 0 aromatic heterocycles. The van der Waals surface area contributed by atoms with Gasteiger partial charge in [0.2, 0.25) is 0 Å². The Morgan fingerprint density at radius 1 is 0.909 bits per heavy atom. The maximum atomic E-state index is 2.61. The zero-order valence-corrected chi connectivity index (χ0v) is 14.9. The van der Waals surface area contributed by atoms with Crippen LogP contribution in [-0.4, -0.2) is 0 Å². The lowest BCUT2D eigenvalue weighted by Crippen LogP contribution is -2.30. The van der Waals surface area contributed by atoms with Gasteiger partial charge in [-0.1, -0.05) is 39.5 Å². The molecule has 124 valence electrons. The second kappa shape index (κ2) is 4.76. The molecule has 0 N–H and O–H groups in total. The fourth-order valence-electron chi connectivity index (χ4n) is 7.43. The van der Waals surface area contributed by atoms with Crippen LogP contribution in [0.4, 0.5) is 0 Å². The lowest BCUT2D eigenvalue weighted by atomic mass is 9.66. The van der Waals surface area contributed by atoms with E-state index in [1.165, 1.54) is 12.3 Å². The highest BCUT2D eigenvalue weighted by Gasteiger charge is 2.59. The average molecular weight is 301 g/mol. The molecule has 0 amide bonds. The molecule has 5 fully saturated rings. The third kappa shape index (κ3) is 2.07. The van der Waals surface area contributed by atoms with E-state index < -0.39 is 0 Å². The predicted molar refractivity (Wildman–Crippen MR) is 92.6 cm³/mol. The molecule has 5 rings (SSSR count). The minimum Gasteiger partial charge on any atom is -0.0620 e. The van der Waals surface area contributed by atoms with E-state index in [1.54, 1.807) is 70.6 Å². The normalized spacial score (nSPS) is 54.8. The van der Waals surface area contributed by atoms with Crippen molar-refractivity contribution in [3.8, 4) is 0 Å².